The molecule has 0 radical (unpaired) electrons. The fourth-order valence-electron chi connectivity index (χ4n) is 1.98. The molecule has 1 fully saturated rings. The summed E-state index contributed by atoms with van der Waals surface area (Å²) in [5.41, 5.74) is -0.108. The van der Waals surface area contributed by atoms with E-state index in [4.69, 9.17) is 4.52 Å². The zero-order chi connectivity index (χ0) is 11.6. The number of nitrogens with zero attached hydrogens (tertiary/aromatic N) is 3. The standard InChI is InChI=1S/C11H20N4O/c1-11(6-4-7-12-11)10-13-9(14-16-10)5-8-15(2)3/h12H,4-8H2,1-3H3. The van der Waals surface area contributed by atoms with Crippen molar-refractivity contribution in [1.82, 2.24) is 20.4 Å². The first-order chi connectivity index (χ1) is 7.60. The van der Waals surface area contributed by atoms with E-state index in [0.717, 1.165) is 37.6 Å². The summed E-state index contributed by atoms with van der Waals surface area (Å²) in [5, 5.41) is 7.45. The van der Waals surface area contributed by atoms with Gasteiger partial charge in [-0.2, -0.15) is 4.98 Å². The van der Waals surface area contributed by atoms with Crippen molar-refractivity contribution >= 4 is 0 Å². The third-order valence-electron chi connectivity index (χ3n) is 3.09. The Labute approximate surface area is 96.2 Å². The van der Waals surface area contributed by atoms with E-state index in [9.17, 15) is 0 Å². The molecule has 5 nitrogen and oxygen atoms in total. The van der Waals surface area contributed by atoms with E-state index in [1.165, 1.54) is 6.42 Å². The topological polar surface area (TPSA) is 54.2 Å². The van der Waals surface area contributed by atoms with Crippen molar-refractivity contribution in [1.29, 1.82) is 0 Å². The molecule has 2 rings (SSSR count). The number of likely N-dealkylation sites (N-methyl/N-ethyl adjacent to an activating group) is 1. The largest absolute Gasteiger partial charge is 0.337 e. The van der Waals surface area contributed by atoms with Crippen LogP contribution in [0.4, 0.5) is 0 Å². The fourth-order valence-corrected chi connectivity index (χ4v) is 1.98. The van der Waals surface area contributed by atoms with E-state index < -0.39 is 0 Å². The Morgan fingerprint density at radius 2 is 2.31 bits per heavy atom. The van der Waals surface area contributed by atoms with Gasteiger partial charge in [0.15, 0.2) is 5.82 Å². The molecule has 5 heteroatoms. The molecule has 2 heterocycles. The van der Waals surface area contributed by atoms with E-state index in [2.05, 4.69) is 27.3 Å². The van der Waals surface area contributed by atoms with Crippen LogP contribution in [0.3, 0.4) is 0 Å². The summed E-state index contributed by atoms with van der Waals surface area (Å²) in [4.78, 5) is 6.59. The first-order valence-electron chi connectivity index (χ1n) is 5.83. The second-order valence-corrected chi connectivity index (χ2v) is 4.93. The molecular weight excluding hydrogens is 204 g/mol. The minimum atomic E-state index is -0.108. The molecule has 0 saturated carbocycles. The van der Waals surface area contributed by atoms with Gasteiger partial charge in [0.2, 0.25) is 5.89 Å². The molecule has 1 saturated heterocycles. The fraction of sp³-hybridized carbons (Fsp3) is 0.818. The van der Waals surface area contributed by atoms with E-state index in [0.29, 0.717) is 0 Å². The van der Waals surface area contributed by atoms with Gasteiger partial charge in [0.1, 0.15) is 0 Å². The second kappa shape index (κ2) is 4.51. The summed E-state index contributed by atoms with van der Waals surface area (Å²) in [5.74, 6) is 1.54. The van der Waals surface area contributed by atoms with Gasteiger partial charge in [-0.25, -0.2) is 0 Å². The third kappa shape index (κ3) is 2.41. The van der Waals surface area contributed by atoms with Gasteiger partial charge < -0.3 is 14.7 Å². The quantitative estimate of drug-likeness (QED) is 0.818. The van der Waals surface area contributed by atoms with Crippen LogP contribution < -0.4 is 5.32 Å². The molecule has 1 aliphatic rings. The van der Waals surface area contributed by atoms with Crippen LogP contribution >= 0.6 is 0 Å². The van der Waals surface area contributed by atoms with Crippen LogP contribution in [0.5, 0.6) is 0 Å². The Morgan fingerprint density at radius 1 is 1.50 bits per heavy atom. The molecule has 1 aliphatic heterocycles. The van der Waals surface area contributed by atoms with E-state index in [1.54, 1.807) is 0 Å². The zero-order valence-corrected chi connectivity index (χ0v) is 10.3. The van der Waals surface area contributed by atoms with Gasteiger partial charge in [0.25, 0.3) is 0 Å². The van der Waals surface area contributed by atoms with Crippen molar-refractivity contribution in [3.8, 4) is 0 Å². The van der Waals surface area contributed by atoms with Crippen molar-refractivity contribution in [3.05, 3.63) is 11.7 Å². The normalized spacial score (nSPS) is 25.5. The van der Waals surface area contributed by atoms with E-state index >= 15 is 0 Å². The van der Waals surface area contributed by atoms with Gasteiger partial charge in [0, 0.05) is 13.0 Å². The maximum Gasteiger partial charge on any atom is 0.246 e. The molecule has 1 aromatic heterocycles. The van der Waals surface area contributed by atoms with Gasteiger partial charge in [-0.05, 0) is 40.4 Å². The van der Waals surface area contributed by atoms with Gasteiger partial charge in [-0.15, -0.1) is 0 Å². The lowest BCUT2D eigenvalue weighted by Gasteiger charge is -2.18. The lowest BCUT2D eigenvalue weighted by Crippen LogP contribution is -2.33. The van der Waals surface area contributed by atoms with E-state index in [-0.39, 0.29) is 5.54 Å². The minimum absolute atomic E-state index is 0.108. The van der Waals surface area contributed by atoms with Gasteiger partial charge >= 0.3 is 0 Å². The molecule has 1 N–H and O–H groups in total. The number of aromatic nitrogens is 2. The minimum Gasteiger partial charge on any atom is -0.337 e. The van der Waals surface area contributed by atoms with Crippen molar-refractivity contribution in [2.75, 3.05) is 27.2 Å². The number of rotatable bonds is 4. The number of hydrogen-bond donors (Lipinski definition) is 1. The first-order valence-corrected chi connectivity index (χ1v) is 5.83. The molecule has 0 aromatic carbocycles. The van der Waals surface area contributed by atoms with Crippen molar-refractivity contribution in [2.24, 2.45) is 0 Å². The SMILES string of the molecule is CN(C)CCc1noc(C2(C)CCCN2)n1. The smallest absolute Gasteiger partial charge is 0.246 e. The Bertz CT molecular complexity index is 342. The maximum atomic E-state index is 5.34. The Kier molecular flexibility index (Phi) is 3.25. The summed E-state index contributed by atoms with van der Waals surface area (Å²) >= 11 is 0. The highest BCUT2D eigenvalue weighted by atomic mass is 16.5. The summed E-state index contributed by atoms with van der Waals surface area (Å²) in [6, 6.07) is 0. The van der Waals surface area contributed by atoms with Crippen molar-refractivity contribution < 1.29 is 4.52 Å². The summed E-state index contributed by atoms with van der Waals surface area (Å²) in [6.07, 6.45) is 3.08. The van der Waals surface area contributed by atoms with Crippen LogP contribution in [0.2, 0.25) is 0 Å². The molecule has 1 aromatic rings. The molecule has 16 heavy (non-hydrogen) atoms. The highest BCUT2D eigenvalue weighted by molar-refractivity contribution is 5.04. The van der Waals surface area contributed by atoms with Crippen molar-refractivity contribution in [3.63, 3.8) is 0 Å². The number of nitrogens with one attached hydrogen (secondary N) is 1. The average Bonchev–Trinajstić information content (AvgIpc) is 2.84. The van der Waals surface area contributed by atoms with Gasteiger partial charge in [-0.1, -0.05) is 5.16 Å². The Hall–Kier alpha value is -0.940. The van der Waals surface area contributed by atoms with Gasteiger partial charge in [-0.3, -0.25) is 0 Å². The number of hydrogen-bond acceptors (Lipinski definition) is 5. The lowest BCUT2D eigenvalue weighted by molar-refractivity contribution is 0.274. The van der Waals surface area contributed by atoms with Crippen LogP contribution in [0.1, 0.15) is 31.5 Å². The molecular formula is C11H20N4O. The zero-order valence-electron chi connectivity index (χ0n) is 10.3. The molecule has 0 amide bonds. The molecule has 0 spiro atoms. The van der Waals surface area contributed by atoms with Crippen LogP contribution in [0, 0.1) is 0 Å². The molecule has 1 atom stereocenters. The van der Waals surface area contributed by atoms with Crippen LogP contribution in [0.15, 0.2) is 4.52 Å². The highest BCUT2D eigenvalue weighted by Crippen LogP contribution is 2.28. The predicted octanol–water partition coefficient (Wildman–Crippen LogP) is 0.772. The third-order valence-corrected chi connectivity index (χ3v) is 3.09. The maximum absolute atomic E-state index is 5.34. The highest BCUT2D eigenvalue weighted by Gasteiger charge is 2.35. The first kappa shape index (κ1) is 11.5. The van der Waals surface area contributed by atoms with Crippen LogP contribution in [0.25, 0.3) is 0 Å². The van der Waals surface area contributed by atoms with Crippen molar-refractivity contribution in [2.45, 2.75) is 31.7 Å². The Morgan fingerprint density at radius 3 is 2.94 bits per heavy atom. The monoisotopic (exact) mass is 224 g/mol. The second-order valence-electron chi connectivity index (χ2n) is 4.93. The van der Waals surface area contributed by atoms with Crippen LogP contribution in [-0.2, 0) is 12.0 Å². The van der Waals surface area contributed by atoms with Crippen LogP contribution in [-0.4, -0.2) is 42.2 Å². The molecule has 90 valence electrons. The lowest BCUT2D eigenvalue weighted by atomic mass is 10.0. The molecule has 1 unspecified atom stereocenters. The average molecular weight is 224 g/mol. The molecule has 0 bridgehead atoms. The predicted molar refractivity (Wildman–Crippen MR) is 61.1 cm³/mol. The van der Waals surface area contributed by atoms with E-state index in [1.807, 2.05) is 14.1 Å². The molecule has 0 aliphatic carbocycles. The van der Waals surface area contributed by atoms with Gasteiger partial charge in [0.05, 0.1) is 5.54 Å². The summed E-state index contributed by atoms with van der Waals surface area (Å²) in [6.45, 7) is 4.11. The summed E-state index contributed by atoms with van der Waals surface area (Å²) in [7, 11) is 4.08. The summed E-state index contributed by atoms with van der Waals surface area (Å²) < 4.78 is 5.34. The Balaban J connectivity index is 2.01.